The molecule has 0 aliphatic rings. The van der Waals surface area contributed by atoms with Gasteiger partial charge in [-0.05, 0) is 87.4 Å². The summed E-state index contributed by atoms with van der Waals surface area (Å²) in [6.45, 7) is 25.5. The van der Waals surface area contributed by atoms with Gasteiger partial charge in [0.05, 0.1) is 26.4 Å². The summed E-state index contributed by atoms with van der Waals surface area (Å²) >= 11 is 0. The van der Waals surface area contributed by atoms with Crippen molar-refractivity contribution < 1.29 is 9.47 Å². The highest BCUT2D eigenvalue weighted by Gasteiger charge is 2.23. The minimum Gasteiger partial charge on any atom is -0.374 e. The first kappa shape index (κ1) is 29.6. The average molecular weight is 481 g/mol. The van der Waals surface area contributed by atoms with Gasteiger partial charge >= 0.3 is 0 Å². The highest BCUT2D eigenvalue weighted by molar-refractivity contribution is 5.43. The van der Waals surface area contributed by atoms with E-state index < -0.39 is 0 Å². The normalized spacial score (nSPS) is 12.4. The lowest BCUT2D eigenvalue weighted by molar-refractivity contribution is 0.0334. The van der Waals surface area contributed by atoms with Crippen LogP contribution in [0.2, 0.25) is 0 Å². The van der Waals surface area contributed by atoms with Gasteiger partial charge in [0.25, 0.3) is 0 Å². The van der Waals surface area contributed by atoms with Gasteiger partial charge in [-0.2, -0.15) is 0 Å². The molecule has 35 heavy (non-hydrogen) atoms. The van der Waals surface area contributed by atoms with Crippen LogP contribution in [0.1, 0.15) is 120 Å². The van der Waals surface area contributed by atoms with Gasteiger partial charge < -0.3 is 9.47 Å². The van der Waals surface area contributed by atoms with Crippen LogP contribution in [-0.2, 0) is 59.2 Å². The number of rotatable bonds is 13. The Bertz CT molecular complexity index is 947. The minimum atomic E-state index is 0.169. The zero-order valence-electron chi connectivity index (χ0n) is 24.5. The monoisotopic (exact) mass is 480 g/mol. The molecule has 0 amide bonds. The summed E-state index contributed by atoms with van der Waals surface area (Å²) in [6, 6.07) is 9.62. The van der Waals surface area contributed by atoms with Crippen molar-refractivity contribution in [2.75, 3.05) is 13.2 Å². The summed E-state index contributed by atoms with van der Waals surface area (Å²) in [5.74, 6) is 0. The number of hydrogen-bond donors (Lipinski definition) is 0. The molecule has 0 aromatic heterocycles. The Hall–Kier alpha value is -1.64. The van der Waals surface area contributed by atoms with Crippen molar-refractivity contribution in [3.05, 3.63) is 68.8 Å². The first-order valence-electron chi connectivity index (χ1n) is 14.0. The molecule has 0 unspecified atom stereocenters. The van der Waals surface area contributed by atoms with Crippen molar-refractivity contribution in [3.8, 4) is 0 Å². The largest absolute Gasteiger partial charge is 0.374 e. The summed E-state index contributed by atoms with van der Waals surface area (Å²) in [6.07, 6.45) is 5.34. The molecule has 0 N–H and O–H groups in total. The highest BCUT2D eigenvalue weighted by Crippen LogP contribution is 2.33. The van der Waals surface area contributed by atoms with Crippen molar-refractivity contribution in [2.24, 2.45) is 0 Å². The van der Waals surface area contributed by atoms with Gasteiger partial charge in [-0.1, -0.05) is 93.5 Å². The van der Waals surface area contributed by atoms with Crippen LogP contribution < -0.4 is 0 Å². The lowest BCUT2D eigenvalue weighted by atomic mass is 9.77. The van der Waals surface area contributed by atoms with Gasteiger partial charge in [-0.15, -0.1) is 0 Å². The van der Waals surface area contributed by atoms with Gasteiger partial charge in [0, 0.05) is 0 Å². The van der Waals surface area contributed by atoms with Gasteiger partial charge in [0.1, 0.15) is 0 Å². The highest BCUT2D eigenvalue weighted by atomic mass is 16.5. The molecule has 2 nitrogen and oxygen atoms in total. The van der Waals surface area contributed by atoms with E-state index in [1.54, 1.807) is 0 Å². The third kappa shape index (κ3) is 7.67. The molecule has 0 radical (unpaired) electrons. The zero-order valence-corrected chi connectivity index (χ0v) is 24.5. The summed E-state index contributed by atoms with van der Waals surface area (Å²) < 4.78 is 12.2. The molecule has 2 aromatic rings. The van der Waals surface area contributed by atoms with Crippen LogP contribution in [0.5, 0.6) is 0 Å². The van der Waals surface area contributed by atoms with Crippen LogP contribution >= 0.6 is 0 Å². The Morgan fingerprint density at radius 1 is 0.514 bits per heavy atom. The van der Waals surface area contributed by atoms with E-state index in [-0.39, 0.29) is 10.8 Å². The molecule has 196 valence electrons. The second-order valence-electron chi connectivity index (χ2n) is 11.6. The predicted molar refractivity (Wildman–Crippen MR) is 152 cm³/mol. The van der Waals surface area contributed by atoms with E-state index >= 15 is 0 Å². The SMILES string of the molecule is CCc1cc(C(C)(C)C)c(CC)cc1COCCOCc1cc(CC)c(C(C)(C)CC)cc1CC. The maximum atomic E-state index is 6.09. The van der Waals surface area contributed by atoms with Crippen molar-refractivity contribution in [1.29, 1.82) is 0 Å². The predicted octanol–water partition coefficient (Wildman–Crippen LogP) is 8.65. The molecule has 0 heterocycles. The fourth-order valence-corrected chi connectivity index (χ4v) is 4.99. The van der Waals surface area contributed by atoms with Gasteiger partial charge in [-0.3, -0.25) is 0 Å². The maximum absolute atomic E-state index is 6.09. The third-order valence-corrected chi connectivity index (χ3v) is 7.68. The van der Waals surface area contributed by atoms with E-state index in [2.05, 4.69) is 93.5 Å². The standard InChI is InChI=1S/C33H52O2/c1-11-24-20-30(32(6,7)8)26(13-3)18-28(24)22-34-16-17-35-23-29-19-27(14-4)31(21-25(29)12-2)33(9,10)15-5/h18-21H,11-17,22-23H2,1-10H3. The molecule has 0 aliphatic carbocycles. The van der Waals surface area contributed by atoms with E-state index in [9.17, 15) is 0 Å². The van der Waals surface area contributed by atoms with Crippen LogP contribution in [0.15, 0.2) is 24.3 Å². The summed E-state index contributed by atoms with van der Waals surface area (Å²) in [5, 5.41) is 0. The van der Waals surface area contributed by atoms with Crippen LogP contribution in [0.3, 0.4) is 0 Å². The molecule has 0 saturated heterocycles. The molecule has 0 spiro atoms. The second-order valence-corrected chi connectivity index (χ2v) is 11.6. The van der Waals surface area contributed by atoms with Crippen molar-refractivity contribution in [3.63, 3.8) is 0 Å². The van der Waals surface area contributed by atoms with Gasteiger partial charge in [-0.25, -0.2) is 0 Å². The number of hydrogen-bond acceptors (Lipinski definition) is 2. The average Bonchev–Trinajstić information content (AvgIpc) is 2.84. The van der Waals surface area contributed by atoms with E-state index in [4.69, 9.17) is 9.47 Å². The maximum Gasteiger partial charge on any atom is 0.0720 e. The van der Waals surface area contributed by atoms with E-state index in [0.29, 0.717) is 26.4 Å². The second kappa shape index (κ2) is 13.1. The topological polar surface area (TPSA) is 18.5 Å². The molecule has 2 aromatic carbocycles. The minimum absolute atomic E-state index is 0.169. The Morgan fingerprint density at radius 3 is 1.29 bits per heavy atom. The van der Waals surface area contributed by atoms with Crippen molar-refractivity contribution in [1.82, 2.24) is 0 Å². The zero-order chi connectivity index (χ0) is 26.2. The Balaban J connectivity index is 1.99. The van der Waals surface area contributed by atoms with Gasteiger partial charge in [0.15, 0.2) is 0 Å². The van der Waals surface area contributed by atoms with Crippen LogP contribution in [0.4, 0.5) is 0 Å². The molecule has 0 fully saturated rings. The number of aryl methyl sites for hydroxylation is 4. The molecule has 2 heteroatoms. The van der Waals surface area contributed by atoms with E-state index in [0.717, 1.165) is 32.1 Å². The van der Waals surface area contributed by atoms with Crippen LogP contribution in [0.25, 0.3) is 0 Å². The van der Waals surface area contributed by atoms with Crippen molar-refractivity contribution in [2.45, 2.75) is 125 Å². The lowest BCUT2D eigenvalue weighted by Crippen LogP contribution is -2.19. The fraction of sp³-hybridized carbons (Fsp3) is 0.636. The van der Waals surface area contributed by atoms with Gasteiger partial charge in [0.2, 0.25) is 0 Å². The van der Waals surface area contributed by atoms with Crippen molar-refractivity contribution >= 4 is 0 Å². The van der Waals surface area contributed by atoms with Crippen LogP contribution in [-0.4, -0.2) is 13.2 Å². The molecule has 0 bridgehead atoms. The van der Waals surface area contributed by atoms with E-state index in [1.807, 2.05) is 0 Å². The quantitative estimate of drug-likeness (QED) is 0.267. The fourth-order valence-electron chi connectivity index (χ4n) is 4.99. The van der Waals surface area contributed by atoms with E-state index in [1.165, 1.54) is 44.5 Å². The summed E-state index contributed by atoms with van der Waals surface area (Å²) in [4.78, 5) is 0. The smallest absolute Gasteiger partial charge is 0.0720 e. The lowest BCUT2D eigenvalue weighted by Gasteiger charge is -2.28. The first-order valence-corrected chi connectivity index (χ1v) is 14.0. The Morgan fingerprint density at radius 2 is 0.914 bits per heavy atom. The number of ether oxygens (including phenoxy) is 2. The molecule has 0 atom stereocenters. The number of benzene rings is 2. The molecular weight excluding hydrogens is 428 g/mol. The molecule has 2 rings (SSSR count). The van der Waals surface area contributed by atoms with Crippen LogP contribution in [0, 0.1) is 0 Å². The third-order valence-electron chi connectivity index (χ3n) is 7.68. The molecule has 0 aliphatic heterocycles. The molecular formula is C33H52O2. The molecule has 0 saturated carbocycles. The Kier molecular flexibility index (Phi) is 11.0. The first-order chi connectivity index (χ1) is 16.5. The summed E-state index contributed by atoms with van der Waals surface area (Å²) in [5.41, 5.74) is 11.7. The summed E-state index contributed by atoms with van der Waals surface area (Å²) in [7, 11) is 0. The Labute approximate surface area is 216 Å².